The lowest BCUT2D eigenvalue weighted by Gasteiger charge is -2.13. The molecule has 0 aliphatic carbocycles. The van der Waals surface area contributed by atoms with Gasteiger partial charge in [-0.1, -0.05) is 29.8 Å². The monoisotopic (exact) mass is 334 g/mol. The first-order valence-electron chi connectivity index (χ1n) is 6.66. The van der Waals surface area contributed by atoms with Crippen LogP contribution in [0.4, 0.5) is 0 Å². The Hall–Kier alpha value is -2.44. The molecule has 0 N–H and O–H groups in total. The summed E-state index contributed by atoms with van der Waals surface area (Å²) in [6.45, 7) is 0.222. The summed E-state index contributed by atoms with van der Waals surface area (Å²) in [5, 5.41) is 0.273. The number of hydrogen-bond donors (Lipinski definition) is 0. The Bertz CT molecular complexity index is 719. The lowest BCUT2D eigenvalue weighted by molar-refractivity contribution is -0.134. The number of aromatic nitrogens is 2. The maximum absolute atomic E-state index is 11.6. The summed E-state index contributed by atoms with van der Waals surface area (Å²) < 4.78 is 15.6. The predicted molar refractivity (Wildman–Crippen MR) is 85.4 cm³/mol. The third-order valence-electron chi connectivity index (χ3n) is 2.85. The van der Waals surface area contributed by atoms with Gasteiger partial charge in [0.15, 0.2) is 0 Å². The first-order chi connectivity index (χ1) is 11.1. The lowest BCUT2D eigenvalue weighted by atomic mass is 10.1. The molecule has 0 fully saturated rings. The fourth-order valence-electron chi connectivity index (χ4n) is 1.86. The molecule has 0 unspecified atom stereocenters. The third kappa shape index (κ3) is 4.77. The summed E-state index contributed by atoms with van der Waals surface area (Å²) in [6.07, 6.45) is 2.67. The van der Waals surface area contributed by atoms with Gasteiger partial charge in [-0.2, -0.15) is 0 Å². The van der Waals surface area contributed by atoms with Crippen LogP contribution in [-0.2, 0) is 14.3 Å². The molecular weight excluding hydrogens is 320 g/mol. The van der Waals surface area contributed by atoms with Crippen molar-refractivity contribution in [2.24, 2.45) is 0 Å². The second-order valence-electron chi connectivity index (χ2n) is 4.40. The maximum Gasteiger partial charge on any atom is 0.330 e. The number of hydrogen-bond acceptors (Lipinski definition) is 6. The van der Waals surface area contributed by atoms with Crippen molar-refractivity contribution in [3.8, 4) is 11.6 Å². The van der Waals surface area contributed by atoms with Crippen LogP contribution in [0.15, 0.2) is 42.7 Å². The zero-order valence-electron chi connectivity index (χ0n) is 12.7. The molecular formula is C16H15ClN2O4. The number of carbonyl (C=O) groups excluding carboxylic acids is 1. The van der Waals surface area contributed by atoms with Crippen molar-refractivity contribution in [1.29, 1.82) is 0 Å². The van der Waals surface area contributed by atoms with Crippen molar-refractivity contribution in [2.45, 2.75) is 0 Å². The third-order valence-corrected chi connectivity index (χ3v) is 3.06. The SMILES string of the molecule is COC/C(=C/C(=O)OC)c1ccccc1Oc1cc(Cl)ncn1. The molecule has 7 heteroatoms. The van der Waals surface area contributed by atoms with E-state index in [4.69, 9.17) is 21.1 Å². The van der Waals surface area contributed by atoms with Crippen molar-refractivity contribution in [1.82, 2.24) is 9.97 Å². The molecule has 0 atom stereocenters. The largest absolute Gasteiger partial charge is 0.466 e. The van der Waals surface area contributed by atoms with E-state index >= 15 is 0 Å². The minimum absolute atomic E-state index is 0.222. The Morgan fingerprint density at radius 2 is 2.04 bits per heavy atom. The van der Waals surface area contributed by atoms with Crippen LogP contribution in [-0.4, -0.2) is 36.8 Å². The maximum atomic E-state index is 11.6. The molecule has 0 amide bonds. The molecule has 1 aromatic heterocycles. The van der Waals surface area contributed by atoms with E-state index in [-0.39, 0.29) is 11.8 Å². The highest BCUT2D eigenvalue weighted by Gasteiger charge is 2.12. The van der Waals surface area contributed by atoms with Gasteiger partial charge in [-0.05, 0) is 11.6 Å². The Balaban J connectivity index is 2.38. The van der Waals surface area contributed by atoms with Crippen LogP contribution in [0.5, 0.6) is 11.6 Å². The average Bonchev–Trinajstić information content (AvgIpc) is 2.55. The van der Waals surface area contributed by atoms with Crippen molar-refractivity contribution in [3.05, 3.63) is 53.5 Å². The van der Waals surface area contributed by atoms with Crippen LogP contribution in [0.1, 0.15) is 5.56 Å². The second-order valence-corrected chi connectivity index (χ2v) is 4.79. The van der Waals surface area contributed by atoms with Gasteiger partial charge in [-0.25, -0.2) is 14.8 Å². The number of esters is 1. The molecule has 0 aliphatic heterocycles. The molecule has 0 saturated carbocycles. The summed E-state index contributed by atoms with van der Waals surface area (Å²) in [6, 6.07) is 8.70. The topological polar surface area (TPSA) is 70.5 Å². The molecule has 2 rings (SSSR count). The number of nitrogens with zero attached hydrogens (tertiary/aromatic N) is 2. The van der Waals surface area contributed by atoms with Crippen LogP contribution < -0.4 is 4.74 Å². The van der Waals surface area contributed by atoms with Crippen LogP contribution in [0.2, 0.25) is 5.15 Å². The van der Waals surface area contributed by atoms with Gasteiger partial charge in [0.25, 0.3) is 0 Å². The average molecular weight is 335 g/mol. The highest BCUT2D eigenvalue weighted by Crippen LogP contribution is 2.30. The Morgan fingerprint density at radius 1 is 1.26 bits per heavy atom. The number of benzene rings is 1. The van der Waals surface area contributed by atoms with E-state index in [2.05, 4.69) is 14.7 Å². The number of ether oxygens (including phenoxy) is 3. The van der Waals surface area contributed by atoms with E-state index in [0.717, 1.165) is 0 Å². The number of halogens is 1. The minimum atomic E-state index is -0.475. The fraction of sp³-hybridized carbons (Fsp3) is 0.188. The molecule has 0 saturated heterocycles. The number of rotatable bonds is 6. The molecule has 6 nitrogen and oxygen atoms in total. The molecule has 23 heavy (non-hydrogen) atoms. The summed E-state index contributed by atoms with van der Waals surface area (Å²) in [5.74, 6) is 0.332. The lowest BCUT2D eigenvalue weighted by Crippen LogP contribution is -2.03. The summed E-state index contributed by atoms with van der Waals surface area (Å²) in [5.41, 5.74) is 1.31. The smallest absolute Gasteiger partial charge is 0.330 e. The second kappa shape index (κ2) is 8.26. The fourth-order valence-corrected chi connectivity index (χ4v) is 2.00. The highest BCUT2D eigenvalue weighted by atomic mass is 35.5. The van der Waals surface area contributed by atoms with E-state index in [0.29, 0.717) is 22.8 Å². The van der Waals surface area contributed by atoms with Crippen molar-refractivity contribution >= 4 is 23.1 Å². The van der Waals surface area contributed by atoms with Gasteiger partial charge in [0.1, 0.15) is 17.2 Å². The molecule has 120 valence electrons. The molecule has 1 heterocycles. The Morgan fingerprint density at radius 3 is 2.74 bits per heavy atom. The van der Waals surface area contributed by atoms with Gasteiger partial charge in [0, 0.05) is 24.8 Å². The number of methoxy groups -OCH3 is 2. The van der Waals surface area contributed by atoms with Gasteiger partial charge in [-0.3, -0.25) is 0 Å². The van der Waals surface area contributed by atoms with E-state index in [1.807, 2.05) is 18.2 Å². The van der Waals surface area contributed by atoms with E-state index in [1.165, 1.54) is 25.6 Å². The Labute approximate surface area is 138 Å². The number of para-hydroxylation sites is 1. The molecule has 0 bridgehead atoms. The van der Waals surface area contributed by atoms with Gasteiger partial charge in [-0.15, -0.1) is 0 Å². The molecule has 0 aliphatic rings. The zero-order valence-corrected chi connectivity index (χ0v) is 13.4. The van der Waals surface area contributed by atoms with Gasteiger partial charge in [0.05, 0.1) is 13.7 Å². The van der Waals surface area contributed by atoms with Gasteiger partial charge >= 0.3 is 5.97 Å². The van der Waals surface area contributed by atoms with Gasteiger partial charge in [0.2, 0.25) is 5.88 Å². The zero-order chi connectivity index (χ0) is 16.7. The quantitative estimate of drug-likeness (QED) is 0.459. The minimum Gasteiger partial charge on any atom is -0.466 e. The van der Waals surface area contributed by atoms with Crippen LogP contribution >= 0.6 is 11.6 Å². The van der Waals surface area contributed by atoms with Crippen LogP contribution in [0, 0.1) is 0 Å². The van der Waals surface area contributed by atoms with Crippen molar-refractivity contribution in [3.63, 3.8) is 0 Å². The van der Waals surface area contributed by atoms with Crippen molar-refractivity contribution < 1.29 is 19.0 Å². The van der Waals surface area contributed by atoms with E-state index in [1.54, 1.807) is 13.2 Å². The summed E-state index contributed by atoms with van der Waals surface area (Å²) >= 11 is 5.83. The van der Waals surface area contributed by atoms with Crippen molar-refractivity contribution in [2.75, 3.05) is 20.8 Å². The Kier molecular flexibility index (Phi) is 6.08. The van der Waals surface area contributed by atoms with E-state index < -0.39 is 5.97 Å². The highest BCUT2D eigenvalue weighted by molar-refractivity contribution is 6.29. The summed E-state index contributed by atoms with van der Waals surface area (Å²) in [4.78, 5) is 19.4. The summed E-state index contributed by atoms with van der Waals surface area (Å²) in [7, 11) is 2.85. The molecule has 0 spiro atoms. The molecule has 2 aromatic rings. The predicted octanol–water partition coefficient (Wildman–Crippen LogP) is 3.13. The first-order valence-corrected chi connectivity index (χ1v) is 7.04. The number of carbonyl (C=O) groups is 1. The normalized spacial score (nSPS) is 11.2. The molecule has 0 radical (unpaired) electrons. The van der Waals surface area contributed by atoms with Gasteiger partial charge < -0.3 is 14.2 Å². The van der Waals surface area contributed by atoms with E-state index in [9.17, 15) is 4.79 Å². The van der Waals surface area contributed by atoms with Crippen LogP contribution in [0.25, 0.3) is 5.57 Å². The van der Waals surface area contributed by atoms with Crippen LogP contribution in [0.3, 0.4) is 0 Å². The molecule has 1 aromatic carbocycles. The standard InChI is InChI=1S/C16H15ClN2O4/c1-21-9-11(7-16(20)22-2)12-5-3-4-6-13(12)23-15-8-14(17)18-10-19-15/h3-8,10H,9H2,1-2H3/b11-7-. The first kappa shape index (κ1) is 16.9.